The van der Waals surface area contributed by atoms with Crippen molar-refractivity contribution < 1.29 is 19.1 Å². The standard InChI is InChI=1S/C18H19NO4/c1-22-18(21)13-23-16-10-8-15(9-11-16)19-17(20)12-7-14-5-3-2-4-6-14/h2-6,8-11H,7,12-13H2,1H3,(H,19,20). The van der Waals surface area contributed by atoms with E-state index < -0.39 is 5.97 Å². The Kier molecular flexibility index (Phi) is 6.17. The molecule has 0 aliphatic carbocycles. The topological polar surface area (TPSA) is 64.6 Å². The molecule has 2 aromatic rings. The van der Waals surface area contributed by atoms with Crippen LogP contribution in [0.1, 0.15) is 12.0 Å². The lowest BCUT2D eigenvalue weighted by Crippen LogP contribution is -2.13. The molecule has 0 aromatic heterocycles. The van der Waals surface area contributed by atoms with Gasteiger partial charge in [0.1, 0.15) is 5.75 Å². The predicted molar refractivity (Wildman–Crippen MR) is 87.3 cm³/mol. The van der Waals surface area contributed by atoms with Gasteiger partial charge in [0.15, 0.2) is 6.61 Å². The number of rotatable bonds is 7. The summed E-state index contributed by atoms with van der Waals surface area (Å²) < 4.78 is 9.73. The highest BCUT2D eigenvalue weighted by molar-refractivity contribution is 5.90. The first-order valence-electron chi connectivity index (χ1n) is 7.31. The van der Waals surface area contributed by atoms with Crippen molar-refractivity contribution in [2.75, 3.05) is 19.0 Å². The minimum atomic E-state index is -0.441. The van der Waals surface area contributed by atoms with Gasteiger partial charge in [0, 0.05) is 12.1 Å². The first kappa shape index (κ1) is 16.5. The zero-order valence-corrected chi connectivity index (χ0v) is 13.0. The van der Waals surface area contributed by atoms with E-state index in [0.717, 1.165) is 5.56 Å². The normalized spacial score (nSPS) is 9.96. The van der Waals surface area contributed by atoms with Crippen molar-refractivity contribution in [1.29, 1.82) is 0 Å². The molecule has 0 saturated heterocycles. The molecule has 0 aliphatic heterocycles. The van der Waals surface area contributed by atoms with E-state index in [2.05, 4.69) is 10.1 Å². The molecule has 0 saturated carbocycles. The number of hydrogen-bond donors (Lipinski definition) is 1. The Balaban J connectivity index is 1.78. The van der Waals surface area contributed by atoms with Gasteiger partial charge >= 0.3 is 5.97 Å². The number of benzene rings is 2. The molecule has 0 atom stereocenters. The lowest BCUT2D eigenvalue weighted by molar-refractivity contribution is -0.142. The van der Waals surface area contributed by atoms with E-state index in [1.54, 1.807) is 24.3 Å². The second kappa shape index (κ2) is 8.58. The Morgan fingerprint density at radius 3 is 2.35 bits per heavy atom. The number of esters is 1. The fourth-order valence-electron chi connectivity index (χ4n) is 1.96. The molecule has 5 heteroatoms. The van der Waals surface area contributed by atoms with Crippen LogP contribution in [0.2, 0.25) is 0 Å². The van der Waals surface area contributed by atoms with Gasteiger partial charge < -0.3 is 14.8 Å². The third-order valence-electron chi connectivity index (χ3n) is 3.21. The second-order valence-electron chi connectivity index (χ2n) is 4.92. The molecule has 0 bridgehead atoms. The summed E-state index contributed by atoms with van der Waals surface area (Å²) in [6.45, 7) is -0.140. The Labute approximate surface area is 135 Å². The van der Waals surface area contributed by atoms with Crippen molar-refractivity contribution in [3.8, 4) is 5.75 Å². The summed E-state index contributed by atoms with van der Waals surface area (Å²) in [4.78, 5) is 22.9. The fourth-order valence-corrected chi connectivity index (χ4v) is 1.96. The number of methoxy groups -OCH3 is 1. The van der Waals surface area contributed by atoms with Gasteiger partial charge in [-0.2, -0.15) is 0 Å². The molecule has 5 nitrogen and oxygen atoms in total. The highest BCUT2D eigenvalue weighted by atomic mass is 16.6. The maximum Gasteiger partial charge on any atom is 0.343 e. The molecule has 0 radical (unpaired) electrons. The summed E-state index contributed by atoms with van der Waals surface area (Å²) in [5, 5.41) is 2.83. The van der Waals surface area contributed by atoms with Crippen molar-refractivity contribution in [3.63, 3.8) is 0 Å². The summed E-state index contributed by atoms with van der Waals surface area (Å²) in [6.07, 6.45) is 1.12. The summed E-state index contributed by atoms with van der Waals surface area (Å²) in [5.74, 6) is 0.0538. The van der Waals surface area contributed by atoms with E-state index in [1.165, 1.54) is 7.11 Å². The fraction of sp³-hybridized carbons (Fsp3) is 0.222. The first-order valence-corrected chi connectivity index (χ1v) is 7.31. The number of nitrogens with one attached hydrogen (secondary N) is 1. The minimum Gasteiger partial charge on any atom is -0.482 e. The number of aryl methyl sites for hydroxylation is 1. The monoisotopic (exact) mass is 313 g/mol. The van der Waals surface area contributed by atoms with Crippen LogP contribution in [-0.4, -0.2) is 25.6 Å². The van der Waals surface area contributed by atoms with Gasteiger partial charge in [0.2, 0.25) is 5.91 Å². The molecule has 23 heavy (non-hydrogen) atoms. The molecule has 0 spiro atoms. The van der Waals surface area contributed by atoms with Crippen molar-refractivity contribution in [2.24, 2.45) is 0 Å². The van der Waals surface area contributed by atoms with Crippen LogP contribution in [-0.2, 0) is 20.7 Å². The maximum atomic E-state index is 11.9. The van der Waals surface area contributed by atoms with Gasteiger partial charge in [-0.1, -0.05) is 30.3 Å². The van der Waals surface area contributed by atoms with Gasteiger partial charge in [0.05, 0.1) is 7.11 Å². The van der Waals surface area contributed by atoms with Crippen LogP contribution < -0.4 is 10.1 Å². The molecule has 0 heterocycles. The van der Waals surface area contributed by atoms with Crippen LogP contribution in [0, 0.1) is 0 Å². The number of carbonyl (C=O) groups is 2. The zero-order chi connectivity index (χ0) is 16.5. The molecule has 1 N–H and O–H groups in total. The number of anilines is 1. The van der Waals surface area contributed by atoms with E-state index in [1.807, 2.05) is 30.3 Å². The SMILES string of the molecule is COC(=O)COc1ccc(NC(=O)CCc2ccccc2)cc1. The highest BCUT2D eigenvalue weighted by Crippen LogP contribution is 2.16. The molecule has 1 amide bonds. The van der Waals surface area contributed by atoms with E-state index in [4.69, 9.17) is 4.74 Å². The number of ether oxygens (including phenoxy) is 2. The molecular formula is C18H19NO4. The smallest absolute Gasteiger partial charge is 0.343 e. The van der Waals surface area contributed by atoms with Crippen LogP contribution >= 0.6 is 0 Å². The molecule has 0 aliphatic rings. The molecule has 0 unspecified atom stereocenters. The molecular weight excluding hydrogens is 294 g/mol. The first-order chi connectivity index (χ1) is 11.2. The third kappa shape index (κ3) is 5.82. The Morgan fingerprint density at radius 2 is 1.70 bits per heavy atom. The predicted octanol–water partition coefficient (Wildman–Crippen LogP) is 2.81. The molecule has 0 fully saturated rings. The second-order valence-corrected chi connectivity index (χ2v) is 4.92. The van der Waals surface area contributed by atoms with E-state index in [0.29, 0.717) is 24.3 Å². The summed E-state index contributed by atoms with van der Waals surface area (Å²) in [7, 11) is 1.31. The van der Waals surface area contributed by atoms with Gasteiger partial charge in [-0.3, -0.25) is 4.79 Å². The number of carbonyl (C=O) groups excluding carboxylic acids is 2. The van der Waals surface area contributed by atoms with E-state index in [9.17, 15) is 9.59 Å². The average molecular weight is 313 g/mol. The van der Waals surface area contributed by atoms with Crippen LogP contribution in [0.4, 0.5) is 5.69 Å². The lowest BCUT2D eigenvalue weighted by atomic mass is 10.1. The van der Waals surface area contributed by atoms with Crippen LogP contribution in [0.3, 0.4) is 0 Å². The largest absolute Gasteiger partial charge is 0.482 e. The summed E-state index contributed by atoms with van der Waals surface area (Å²) in [6, 6.07) is 16.7. The van der Waals surface area contributed by atoms with Crippen molar-refractivity contribution >= 4 is 17.6 Å². The molecule has 2 rings (SSSR count). The van der Waals surface area contributed by atoms with Gasteiger partial charge in [-0.15, -0.1) is 0 Å². The van der Waals surface area contributed by atoms with E-state index in [-0.39, 0.29) is 12.5 Å². The molecule has 2 aromatic carbocycles. The van der Waals surface area contributed by atoms with Crippen molar-refractivity contribution in [3.05, 3.63) is 60.2 Å². The Bertz CT molecular complexity index is 638. The van der Waals surface area contributed by atoms with Crippen molar-refractivity contribution in [2.45, 2.75) is 12.8 Å². The van der Waals surface area contributed by atoms with Gasteiger partial charge in [0.25, 0.3) is 0 Å². The lowest BCUT2D eigenvalue weighted by Gasteiger charge is -2.08. The quantitative estimate of drug-likeness (QED) is 0.798. The van der Waals surface area contributed by atoms with Gasteiger partial charge in [-0.25, -0.2) is 4.79 Å². The summed E-state index contributed by atoms with van der Waals surface area (Å²) >= 11 is 0. The minimum absolute atomic E-state index is 0.0444. The Morgan fingerprint density at radius 1 is 1.00 bits per heavy atom. The third-order valence-corrected chi connectivity index (χ3v) is 3.21. The van der Waals surface area contributed by atoms with Crippen LogP contribution in [0.15, 0.2) is 54.6 Å². The van der Waals surface area contributed by atoms with Gasteiger partial charge in [-0.05, 0) is 36.2 Å². The van der Waals surface area contributed by atoms with Crippen molar-refractivity contribution in [1.82, 2.24) is 0 Å². The van der Waals surface area contributed by atoms with Crippen LogP contribution in [0.25, 0.3) is 0 Å². The van der Waals surface area contributed by atoms with Crippen LogP contribution in [0.5, 0.6) is 5.75 Å². The number of hydrogen-bond acceptors (Lipinski definition) is 4. The Hall–Kier alpha value is -2.82. The molecule has 120 valence electrons. The zero-order valence-electron chi connectivity index (χ0n) is 13.0. The average Bonchev–Trinajstić information content (AvgIpc) is 2.60. The maximum absolute atomic E-state index is 11.9. The highest BCUT2D eigenvalue weighted by Gasteiger charge is 2.05. The number of amides is 1. The van der Waals surface area contributed by atoms with E-state index >= 15 is 0 Å². The summed E-state index contributed by atoms with van der Waals surface area (Å²) in [5.41, 5.74) is 1.82.